The van der Waals surface area contributed by atoms with Crippen molar-refractivity contribution in [2.24, 2.45) is 0 Å². The molecular formula is C8H9ClN4O. The molecule has 2 aromatic rings. The normalized spacial score (nSPS) is 10.7. The van der Waals surface area contributed by atoms with Crippen molar-refractivity contribution < 1.29 is 4.52 Å². The average molecular weight is 213 g/mol. The number of rotatable bonds is 3. The first-order valence-electron chi connectivity index (χ1n) is 4.15. The van der Waals surface area contributed by atoms with Gasteiger partial charge in [0.1, 0.15) is 6.54 Å². The van der Waals surface area contributed by atoms with Crippen LogP contribution >= 0.6 is 11.6 Å². The highest BCUT2D eigenvalue weighted by atomic mass is 35.5. The van der Waals surface area contributed by atoms with Gasteiger partial charge < -0.3 is 4.52 Å². The fourth-order valence-corrected chi connectivity index (χ4v) is 1.36. The Kier molecular flexibility index (Phi) is 2.49. The Hall–Kier alpha value is -1.36. The van der Waals surface area contributed by atoms with Crippen LogP contribution in [0.15, 0.2) is 16.8 Å². The summed E-state index contributed by atoms with van der Waals surface area (Å²) >= 11 is 5.70. The van der Waals surface area contributed by atoms with E-state index in [4.69, 9.17) is 16.1 Å². The highest BCUT2D eigenvalue weighted by Gasteiger charge is 2.06. The molecule has 0 aliphatic rings. The summed E-state index contributed by atoms with van der Waals surface area (Å²) in [5.74, 6) is 1.14. The Bertz CT molecular complexity index is 422. The molecule has 0 unspecified atom stereocenters. The summed E-state index contributed by atoms with van der Waals surface area (Å²) in [5.41, 5.74) is 1.72. The molecule has 0 saturated heterocycles. The Labute approximate surface area is 85.6 Å². The molecule has 0 N–H and O–H groups in total. The number of hydrogen-bond acceptors (Lipinski definition) is 4. The maximum atomic E-state index is 5.70. The van der Waals surface area contributed by atoms with Crippen molar-refractivity contribution in [3.05, 3.63) is 29.4 Å². The zero-order chi connectivity index (χ0) is 9.97. The standard InChI is InChI=1S/C8H9ClN4O/c1-6-2-8(14-11-6)5-13-7(3-9)4-10-12-13/h2,4H,3,5H2,1H3. The van der Waals surface area contributed by atoms with Crippen LogP contribution in [0, 0.1) is 6.92 Å². The van der Waals surface area contributed by atoms with E-state index in [9.17, 15) is 0 Å². The largest absolute Gasteiger partial charge is 0.359 e. The van der Waals surface area contributed by atoms with Crippen molar-refractivity contribution in [2.45, 2.75) is 19.3 Å². The van der Waals surface area contributed by atoms with Gasteiger partial charge in [-0.25, -0.2) is 4.68 Å². The van der Waals surface area contributed by atoms with E-state index in [0.29, 0.717) is 12.4 Å². The third kappa shape index (κ3) is 1.77. The summed E-state index contributed by atoms with van der Waals surface area (Å²) in [4.78, 5) is 0. The Morgan fingerprint density at radius 3 is 3.07 bits per heavy atom. The van der Waals surface area contributed by atoms with E-state index < -0.39 is 0 Å². The lowest BCUT2D eigenvalue weighted by Crippen LogP contribution is -2.04. The van der Waals surface area contributed by atoms with Crippen molar-refractivity contribution >= 4 is 11.6 Å². The highest BCUT2D eigenvalue weighted by Crippen LogP contribution is 2.07. The molecule has 0 atom stereocenters. The molecule has 0 spiro atoms. The van der Waals surface area contributed by atoms with E-state index in [1.54, 1.807) is 10.9 Å². The summed E-state index contributed by atoms with van der Waals surface area (Å²) < 4.78 is 6.74. The molecule has 0 amide bonds. The third-order valence-corrected chi connectivity index (χ3v) is 2.09. The molecule has 2 rings (SSSR count). The lowest BCUT2D eigenvalue weighted by Gasteiger charge is -1.98. The van der Waals surface area contributed by atoms with Crippen LogP contribution < -0.4 is 0 Å². The van der Waals surface area contributed by atoms with Crippen LogP contribution in [0.2, 0.25) is 0 Å². The molecule has 0 aliphatic heterocycles. The Morgan fingerprint density at radius 1 is 1.57 bits per heavy atom. The highest BCUT2D eigenvalue weighted by molar-refractivity contribution is 6.16. The minimum atomic E-state index is 0.389. The maximum absolute atomic E-state index is 5.70. The van der Waals surface area contributed by atoms with Gasteiger partial charge >= 0.3 is 0 Å². The van der Waals surface area contributed by atoms with Gasteiger partial charge in [-0.05, 0) is 6.92 Å². The Balaban J connectivity index is 2.18. The van der Waals surface area contributed by atoms with Crippen LogP contribution in [-0.2, 0) is 12.4 Å². The Morgan fingerprint density at radius 2 is 2.43 bits per heavy atom. The van der Waals surface area contributed by atoms with E-state index in [-0.39, 0.29) is 0 Å². The lowest BCUT2D eigenvalue weighted by molar-refractivity contribution is 0.365. The first-order valence-corrected chi connectivity index (χ1v) is 4.68. The van der Waals surface area contributed by atoms with Crippen LogP contribution in [0.1, 0.15) is 17.1 Å². The molecular weight excluding hydrogens is 204 g/mol. The van der Waals surface area contributed by atoms with Gasteiger partial charge in [-0.15, -0.1) is 16.7 Å². The van der Waals surface area contributed by atoms with Gasteiger partial charge in [0, 0.05) is 6.07 Å². The number of aryl methyl sites for hydroxylation is 1. The van der Waals surface area contributed by atoms with Crippen LogP contribution in [0.3, 0.4) is 0 Å². The molecule has 5 nitrogen and oxygen atoms in total. The second-order valence-corrected chi connectivity index (χ2v) is 3.22. The van der Waals surface area contributed by atoms with Gasteiger partial charge in [-0.3, -0.25) is 0 Å². The zero-order valence-electron chi connectivity index (χ0n) is 7.64. The van der Waals surface area contributed by atoms with E-state index in [1.807, 2.05) is 13.0 Å². The second-order valence-electron chi connectivity index (χ2n) is 2.95. The predicted octanol–water partition coefficient (Wildman–Crippen LogP) is 1.36. The molecule has 2 aromatic heterocycles. The first kappa shape index (κ1) is 9.21. The van der Waals surface area contributed by atoms with E-state index in [2.05, 4.69) is 15.5 Å². The van der Waals surface area contributed by atoms with Gasteiger partial charge in [0.25, 0.3) is 0 Å². The summed E-state index contributed by atoms with van der Waals surface area (Å²) in [5, 5.41) is 11.4. The smallest absolute Gasteiger partial charge is 0.158 e. The van der Waals surface area contributed by atoms with Crippen molar-refractivity contribution in [1.82, 2.24) is 20.2 Å². The van der Waals surface area contributed by atoms with E-state index >= 15 is 0 Å². The molecule has 0 radical (unpaired) electrons. The van der Waals surface area contributed by atoms with Gasteiger partial charge in [-0.2, -0.15) is 0 Å². The van der Waals surface area contributed by atoms with E-state index in [0.717, 1.165) is 17.1 Å². The summed E-state index contributed by atoms with van der Waals surface area (Å²) in [6.07, 6.45) is 1.64. The average Bonchev–Trinajstić information content (AvgIpc) is 2.76. The number of nitrogens with zero attached hydrogens (tertiary/aromatic N) is 4. The number of halogens is 1. The quantitative estimate of drug-likeness (QED) is 0.721. The summed E-state index contributed by atoms with van der Waals surface area (Å²) in [6, 6.07) is 1.86. The van der Waals surface area contributed by atoms with Crippen molar-refractivity contribution in [1.29, 1.82) is 0 Å². The monoisotopic (exact) mass is 212 g/mol. The molecule has 0 fully saturated rings. The molecule has 0 aromatic carbocycles. The minimum absolute atomic E-state index is 0.389. The zero-order valence-corrected chi connectivity index (χ0v) is 8.40. The molecule has 0 bridgehead atoms. The fraction of sp³-hybridized carbons (Fsp3) is 0.375. The van der Waals surface area contributed by atoms with Crippen LogP contribution in [0.5, 0.6) is 0 Å². The number of alkyl halides is 1. The van der Waals surface area contributed by atoms with Crippen molar-refractivity contribution in [3.63, 3.8) is 0 Å². The molecule has 2 heterocycles. The third-order valence-electron chi connectivity index (χ3n) is 1.82. The second kappa shape index (κ2) is 3.79. The van der Waals surface area contributed by atoms with Gasteiger partial charge in [-0.1, -0.05) is 10.4 Å². The van der Waals surface area contributed by atoms with Gasteiger partial charge in [0.2, 0.25) is 0 Å². The van der Waals surface area contributed by atoms with E-state index in [1.165, 1.54) is 0 Å². The first-order chi connectivity index (χ1) is 6.79. The SMILES string of the molecule is Cc1cc(Cn2nncc2CCl)on1. The summed E-state index contributed by atoms with van der Waals surface area (Å²) in [7, 11) is 0. The van der Waals surface area contributed by atoms with Gasteiger partial charge in [0.15, 0.2) is 5.76 Å². The van der Waals surface area contributed by atoms with Crippen molar-refractivity contribution in [3.8, 4) is 0 Å². The van der Waals surface area contributed by atoms with Crippen LogP contribution in [-0.4, -0.2) is 20.2 Å². The fourth-order valence-electron chi connectivity index (χ4n) is 1.15. The van der Waals surface area contributed by atoms with Crippen molar-refractivity contribution in [2.75, 3.05) is 0 Å². The number of hydrogen-bond donors (Lipinski definition) is 0. The van der Waals surface area contributed by atoms with Crippen LogP contribution in [0.4, 0.5) is 0 Å². The van der Waals surface area contributed by atoms with Crippen LogP contribution in [0.25, 0.3) is 0 Å². The molecule has 0 saturated carbocycles. The minimum Gasteiger partial charge on any atom is -0.359 e. The molecule has 14 heavy (non-hydrogen) atoms. The molecule has 0 aliphatic carbocycles. The molecule has 74 valence electrons. The topological polar surface area (TPSA) is 56.7 Å². The molecule has 6 heteroatoms. The van der Waals surface area contributed by atoms with Gasteiger partial charge in [0.05, 0.1) is 23.5 Å². The summed E-state index contributed by atoms with van der Waals surface area (Å²) in [6.45, 7) is 2.39. The predicted molar refractivity (Wildman–Crippen MR) is 49.9 cm³/mol. The lowest BCUT2D eigenvalue weighted by atomic mass is 10.4. The number of aromatic nitrogens is 4. The maximum Gasteiger partial charge on any atom is 0.158 e.